The van der Waals surface area contributed by atoms with Crippen molar-refractivity contribution in [1.29, 1.82) is 0 Å². The molecule has 16 heteroatoms. The van der Waals surface area contributed by atoms with E-state index in [1.165, 1.54) is 14.2 Å². The molecule has 0 radical (unpaired) electrons. The molecule has 0 unspecified atom stereocenters. The summed E-state index contributed by atoms with van der Waals surface area (Å²) in [6.07, 6.45) is 5.52. The third-order valence-electron chi connectivity index (χ3n) is 13.0. The van der Waals surface area contributed by atoms with Gasteiger partial charge >= 0.3 is 12.2 Å². The van der Waals surface area contributed by atoms with Crippen LogP contribution in [0.4, 0.5) is 9.59 Å². The molecular weight excluding hydrogens is 827 g/mol. The van der Waals surface area contributed by atoms with E-state index >= 15 is 0 Å². The first-order chi connectivity index (χ1) is 31.4. The molecule has 4 N–H and O–H groups in total. The van der Waals surface area contributed by atoms with Crippen LogP contribution in [0.1, 0.15) is 77.1 Å². The van der Waals surface area contributed by atoms with Gasteiger partial charge in [0.25, 0.3) is 0 Å². The predicted octanol–water partition coefficient (Wildman–Crippen LogP) is 8.19. The van der Waals surface area contributed by atoms with E-state index in [-0.39, 0.29) is 35.7 Å². The normalized spacial score (nSPS) is 17.7. The molecule has 3 aliphatic rings. The van der Waals surface area contributed by atoms with Gasteiger partial charge in [-0.2, -0.15) is 0 Å². The summed E-state index contributed by atoms with van der Waals surface area (Å²) in [5, 5.41) is 6.48. The number of likely N-dealkylation sites (tertiary alicyclic amines) is 2. The standard InChI is InChI=1S/C49H55N9O7/c1-27(2)42(54-48(61)63-5)46(59)56-18-10-14-37(56)44-50-24-34(52-44)30-16-17-36-32(20-30)22-39-41-33(29-12-8-7-9-13-29)21-31(23-40(41)65-26-58(36)39)35-25-51-45(53-35)38-15-11-19-57(38)47(60)43(28(3)4)55-49(62)64-6/h7-9,12-13,16-17,20-25,27-28,37-38,42-43H,10-11,14-15,18-19,26H2,1-6H3,(H,50,52)(H,51,53)(H,54,61)(H,55,62)/t37-,38-,42-,43-/m0/s1. The molecule has 3 aromatic carbocycles. The van der Waals surface area contributed by atoms with Crippen molar-refractivity contribution in [1.82, 2.24) is 44.9 Å². The van der Waals surface area contributed by atoms with Crippen LogP contribution < -0.4 is 15.4 Å². The number of alkyl carbamates (subject to hydrolysis) is 2. The summed E-state index contributed by atoms with van der Waals surface area (Å²) < 4.78 is 18.4. The van der Waals surface area contributed by atoms with Gasteiger partial charge in [-0.05, 0) is 79.0 Å². The maximum Gasteiger partial charge on any atom is 0.407 e. The Kier molecular flexibility index (Phi) is 11.8. The van der Waals surface area contributed by atoms with Gasteiger partial charge in [0.15, 0.2) is 6.73 Å². The summed E-state index contributed by atoms with van der Waals surface area (Å²) in [7, 11) is 2.58. The van der Waals surface area contributed by atoms with Gasteiger partial charge in [-0.25, -0.2) is 19.6 Å². The highest BCUT2D eigenvalue weighted by Crippen LogP contribution is 2.47. The number of amides is 4. The molecule has 9 rings (SSSR count). The van der Waals surface area contributed by atoms with E-state index in [2.05, 4.69) is 73.7 Å². The monoisotopic (exact) mass is 881 g/mol. The lowest BCUT2D eigenvalue weighted by molar-refractivity contribution is -0.136. The first-order valence-electron chi connectivity index (χ1n) is 22.3. The smallest absolute Gasteiger partial charge is 0.407 e. The zero-order valence-corrected chi connectivity index (χ0v) is 37.5. The van der Waals surface area contributed by atoms with Gasteiger partial charge in [0.05, 0.1) is 61.3 Å². The number of fused-ring (bicyclic) bond motifs is 5. The minimum atomic E-state index is -0.723. The van der Waals surface area contributed by atoms with Crippen molar-refractivity contribution >= 4 is 34.9 Å². The molecule has 2 saturated heterocycles. The van der Waals surface area contributed by atoms with Crippen LogP contribution in [-0.2, 0) is 25.8 Å². The summed E-state index contributed by atoms with van der Waals surface area (Å²) >= 11 is 0. The zero-order chi connectivity index (χ0) is 45.5. The average molecular weight is 882 g/mol. The van der Waals surface area contributed by atoms with Gasteiger partial charge in [-0.1, -0.05) is 64.1 Å². The predicted molar refractivity (Wildman–Crippen MR) is 244 cm³/mol. The van der Waals surface area contributed by atoms with Crippen molar-refractivity contribution in [3.63, 3.8) is 0 Å². The lowest BCUT2D eigenvalue weighted by Gasteiger charge is -2.30. The highest BCUT2D eigenvalue weighted by molar-refractivity contribution is 5.97. The van der Waals surface area contributed by atoms with E-state index in [0.717, 1.165) is 87.2 Å². The van der Waals surface area contributed by atoms with Crippen molar-refractivity contribution in [3.8, 4) is 50.6 Å². The molecule has 3 aliphatic heterocycles. The number of hydrogen-bond donors (Lipinski definition) is 4. The van der Waals surface area contributed by atoms with Crippen LogP contribution in [0.15, 0.2) is 79.1 Å². The van der Waals surface area contributed by atoms with E-state index in [9.17, 15) is 19.2 Å². The number of nitrogens with one attached hydrogen (secondary N) is 4. The van der Waals surface area contributed by atoms with Crippen LogP contribution >= 0.6 is 0 Å². The molecule has 0 bridgehead atoms. The first kappa shape index (κ1) is 43.2. The molecule has 6 aromatic rings. The van der Waals surface area contributed by atoms with Crippen LogP contribution in [0, 0.1) is 11.8 Å². The molecule has 0 spiro atoms. The second kappa shape index (κ2) is 17.8. The Bertz CT molecular complexity index is 2760. The van der Waals surface area contributed by atoms with E-state index in [4.69, 9.17) is 24.2 Å². The number of rotatable bonds is 11. The minimum absolute atomic E-state index is 0.126. The SMILES string of the molecule is COC(=O)N[C@H](C(=O)N1CCC[C@H]1c1ncc(-c2cc3c(c(-c4ccccc4)c2)-c2cc4cc(-c5cnc([C@@H]6CCCN6C(=O)[C@@H](NC(=O)OC)C(C)C)[nH]5)ccc4n2CO3)[nH]1)C(C)C. The number of benzene rings is 3. The van der Waals surface area contributed by atoms with Crippen LogP contribution in [0.3, 0.4) is 0 Å². The number of H-pyrrole nitrogens is 2. The van der Waals surface area contributed by atoms with Crippen molar-refractivity contribution in [2.45, 2.75) is 84.3 Å². The van der Waals surface area contributed by atoms with Crippen molar-refractivity contribution < 1.29 is 33.4 Å². The Morgan fingerprint density at radius 3 is 1.83 bits per heavy atom. The second-order valence-corrected chi connectivity index (χ2v) is 17.7. The third kappa shape index (κ3) is 8.17. The Hall–Kier alpha value is -7.10. The van der Waals surface area contributed by atoms with Crippen molar-refractivity contribution in [2.24, 2.45) is 11.8 Å². The summed E-state index contributed by atoms with van der Waals surface area (Å²) in [5.41, 5.74) is 8.56. The lowest BCUT2D eigenvalue weighted by atomic mass is 9.93. The number of nitrogens with zero attached hydrogens (tertiary/aromatic N) is 5. The van der Waals surface area contributed by atoms with Gasteiger partial charge in [-0.15, -0.1) is 0 Å². The van der Waals surface area contributed by atoms with Crippen molar-refractivity contribution in [2.75, 3.05) is 27.3 Å². The number of imidazole rings is 2. The second-order valence-electron chi connectivity index (χ2n) is 17.7. The molecule has 3 aromatic heterocycles. The van der Waals surface area contributed by atoms with E-state index in [1.54, 1.807) is 0 Å². The summed E-state index contributed by atoms with van der Waals surface area (Å²) in [5.74, 6) is 1.57. The zero-order valence-electron chi connectivity index (χ0n) is 37.5. The van der Waals surface area contributed by atoms with Gasteiger partial charge in [0, 0.05) is 35.2 Å². The van der Waals surface area contributed by atoms with Gasteiger partial charge in [0.2, 0.25) is 11.8 Å². The molecule has 65 heavy (non-hydrogen) atoms. The van der Waals surface area contributed by atoms with Gasteiger partial charge in [0.1, 0.15) is 29.5 Å². The van der Waals surface area contributed by atoms with Gasteiger partial charge in [-0.3, -0.25) is 9.59 Å². The number of methoxy groups -OCH3 is 2. The Morgan fingerprint density at radius 2 is 1.28 bits per heavy atom. The maximum absolute atomic E-state index is 13.8. The fourth-order valence-corrected chi connectivity index (χ4v) is 9.60. The van der Waals surface area contributed by atoms with E-state index < -0.39 is 24.3 Å². The van der Waals surface area contributed by atoms with Crippen molar-refractivity contribution in [3.05, 3.63) is 90.8 Å². The summed E-state index contributed by atoms with van der Waals surface area (Å²) in [6.45, 7) is 9.07. The quantitative estimate of drug-likeness (QED) is 0.0995. The molecule has 338 valence electrons. The molecule has 0 saturated carbocycles. The Morgan fingerprint density at radius 1 is 0.708 bits per heavy atom. The van der Waals surface area contributed by atoms with E-state index in [1.807, 2.05) is 68.1 Å². The van der Waals surface area contributed by atoms with Crippen LogP contribution in [0.2, 0.25) is 0 Å². The van der Waals surface area contributed by atoms with Crippen LogP contribution in [-0.4, -0.2) is 97.7 Å². The fraction of sp³-hybridized carbons (Fsp3) is 0.388. The number of carbonyl (C=O) groups is 4. The summed E-state index contributed by atoms with van der Waals surface area (Å²) in [4.78, 5) is 72.1. The summed E-state index contributed by atoms with van der Waals surface area (Å²) in [6, 6.07) is 21.1. The fourth-order valence-electron chi connectivity index (χ4n) is 9.60. The topological polar surface area (TPSA) is 189 Å². The third-order valence-corrected chi connectivity index (χ3v) is 13.0. The number of aromatic nitrogens is 5. The molecule has 6 heterocycles. The Balaban J connectivity index is 1.01. The minimum Gasteiger partial charge on any atom is -0.472 e. The maximum atomic E-state index is 13.8. The average Bonchev–Trinajstić information content (AvgIpc) is 4.18. The van der Waals surface area contributed by atoms with E-state index in [0.29, 0.717) is 31.5 Å². The highest BCUT2D eigenvalue weighted by Gasteiger charge is 2.39. The molecular formula is C49H55N9O7. The molecule has 4 amide bonds. The molecule has 16 nitrogen and oxygen atoms in total. The Labute approximate surface area is 377 Å². The highest BCUT2D eigenvalue weighted by atomic mass is 16.5. The number of ether oxygens (including phenoxy) is 3. The molecule has 2 fully saturated rings. The van der Waals surface area contributed by atoms with Crippen LogP contribution in [0.5, 0.6) is 5.75 Å². The largest absolute Gasteiger partial charge is 0.472 e. The number of carbonyl (C=O) groups excluding carboxylic acids is 4. The number of hydrogen-bond acceptors (Lipinski definition) is 9. The van der Waals surface area contributed by atoms with Gasteiger partial charge < -0.3 is 49.2 Å². The number of aromatic amines is 2. The molecule has 4 atom stereocenters. The lowest BCUT2D eigenvalue weighted by Crippen LogP contribution is -2.51. The first-order valence-corrected chi connectivity index (χ1v) is 22.3. The molecule has 0 aliphatic carbocycles. The van der Waals surface area contributed by atoms with Crippen LogP contribution in [0.25, 0.3) is 55.8 Å².